The van der Waals surface area contributed by atoms with Crippen molar-refractivity contribution in [2.24, 2.45) is 0 Å². The summed E-state index contributed by atoms with van der Waals surface area (Å²) in [4.78, 5) is 23.0. The minimum absolute atomic E-state index is 0.257. The quantitative estimate of drug-likeness (QED) is 0.401. The van der Waals surface area contributed by atoms with Crippen LogP contribution in [0.4, 0.5) is 5.82 Å². The number of carbonyl (C=O) groups excluding carboxylic acids is 1. The van der Waals surface area contributed by atoms with E-state index in [9.17, 15) is 4.79 Å². The maximum absolute atomic E-state index is 13.4. The Balaban J connectivity index is 1.63. The van der Waals surface area contributed by atoms with Gasteiger partial charge in [-0.15, -0.1) is 0 Å². The van der Waals surface area contributed by atoms with Crippen molar-refractivity contribution < 1.29 is 14.3 Å². The van der Waals surface area contributed by atoms with Crippen LogP contribution in [0.2, 0.25) is 0 Å². The Morgan fingerprint density at radius 2 is 1.59 bits per heavy atom. The Morgan fingerprint density at radius 3 is 2.29 bits per heavy atom. The minimum Gasteiger partial charge on any atom is -0.497 e. The van der Waals surface area contributed by atoms with Gasteiger partial charge in [0.25, 0.3) is 5.91 Å². The highest BCUT2D eigenvalue weighted by molar-refractivity contribution is 6.11. The van der Waals surface area contributed by atoms with Gasteiger partial charge in [0.1, 0.15) is 28.4 Å². The molecule has 34 heavy (non-hydrogen) atoms. The number of methoxy groups -OCH3 is 2. The number of benzene rings is 3. The number of aromatic nitrogens is 3. The molecule has 0 atom stereocenters. The molecule has 0 spiro atoms. The zero-order valence-electron chi connectivity index (χ0n) is 18.8. The molecular formula is C26H23N5O3. The van der Waals surface area contributed by atoms with E-state index in [1.807, 2.05) is 72.8 Å². The predicted molar refractivity (Wildman–Crippen MR) is 131 cm³/mol. The van der Waals surface area contributed by atoms with Gasteiger partial charge in [-0.25, -0.2) is 9.97 Å². The summed E-state index contributed by atoms with van der Waals surface area (Å²) in [6.07, 6.45) is 0. The van der Waals surface area contributed by atoms with Crippen LogP contribution in [-0.4, -0.2) is 34.7 Å². The van der Waals surface area contributed by atoms with Gasteiger partial charge in [0.15, 0.2) is 5.65 Å². The molecule has 5 aromatic rings. The molecule has 3 N–H and O–H groups in total. The van der Waals surface area contributed by atoms with E-state index < -0.39 is 0 Å². The van der Waals surface area contributed by atoms with Crippen LogP contribution in [0.3, 0.4) is 0 Å². The largest absolute Gasteiger partial charge is 0.497 e. The lowest BCUT2D eigenvalue weighted by Gasteiger charge is -2.10. The van der Waals surface area contributed by atoms with Crippen LogP contribution in [0.25, 0.3) is 27.9 Å². The summed E-state index contributed by atoms with van der Waals surface area (Å²) in [5, 5.41) is 2.95. The van der Waals surface area contributed by atoms with Gasteiger partial charge in [0, 0.05) is 17.8 Å². The second kappa shape index (κ2) is 8.74. The zero-order chi connectivity index (χ0) is 23.7. The highest BCUT2D eigenvalue weighted by Crippen LogP contribution is 2.31. The fourth-order valence-corrected chi connectivity index (χ4v) is 3.99. The molecular weight excluding hydrogens is 430 g/mol. The topological polar surface area (TPSA) is 104 Å². The van der Waals surface area contributed by atoms with E-state index in [2.05, 4.69) is 5.32 Å². The number of fused-ring (bicyclic) bond motifs is 2. The van der Waals surface area contributed by atoms with Crippen molar-refractivity contribution in [3.05, 3.63) is 83.9 Å². The second-order valence-electron chi connectivity index (χ2n) is 7.67. The van der Waals surface area contributed by atoms with Crippen molar-refractivity contribution in [1.29, 1.82) is 0 Å². The highest BCUT2D eigenvalue weighted by Gasteiger charge is 2.25. The molecule has 0 radical (unpaired) electrons. The van der Waals surface area contributed by atoms with E-state index in [1.54, 1.807) is 18.8 Å². The van der Waals surface area contributed by atoms with E-state index in [0.717, 1.165) is 11.3 Å². The number of ether oxygens (including phenoxy) is 2. The molecule has 2 aromatic heterocycles. The van der Waals surface area contributed by atoms with Crippen LogP contribution < -0.4 is 20.5 Å². The maximum atomic E-state index is 13.4. The number of carbonyl (C=O) groups is 1. The van der Waals surface area contributed by atoms with Gasteiger partial charge in [0.05, 0.1) is 25.3 Å². The van der Waals surface area contributed by atoms with E-state index in [1.165, 1.54) is 0 Å². The minimum atomic E-state index is -0.342. The third-order valence-corrected chi connectivity index (χ3v) is 5.69. The van der Waals surface area contributed by atoms with Crippen LogP contribution in [-0.2, 0) is 6.54 Å². The van der Waals surface area contributed by atoms with E-state index in [0.29, 0.717) is 33.7 Å². The Bertz CT molecular complexity index is 1510. The van der Waals surface area contributed by atoms with E-state index in [4.69, 9.17) is 25.2 Å². The van der Waals surface area contributed by atoms with Gasteiger partial charge in [0.2, 0.25) is 0 Å². The molecule has 170 valence electrons. The Morgan fingerprint density at radius 1 is 0.912 bits per heavy atom. The Labute approximate surface area is 196 Å². The van der Waals surface area contributed by atoms with Crippen LogP contribution >= 0.6 is 0 Å². The number of hydrogen-bond donors (Lipinski definition) is 2. The Hall–Kier alpha value is -4.59. The normalized spacial score (nSPS) is 11.0. The first kappa shape index (κ1) is 21.3. The highest BCUT2D eigenvalue weighted by atomic mass is 16.5. The van der Waals surface area contributed by atoms with Crippen molar-refractivity contribution >= 4 is 33.9 Å². The molecule has 0 aliphatic heterocycles. The smallest absolute Gasteiger partial charge is 0.257 e. The molecule has 0 unspecified atom stereocenters. The molecule has 8 heteroatoms. The standard InChI is InChI=1S/C26H23N5O3/c1-33-18-13-11-17(12-14-18)31-24(27)22(23-25(31)30-20-9-5-4-8-19(20)29-23)26(32)28-15-16-7-3-6-10-21(16)34-2/h3-14H,15,27H2,1-2H3,(H,28,32). The third-order valence-electron chi connectivity index (χ3n) is 5.69. The van der Waals surface area contributed by atoms with Gasteiger partial charge in [-0.3, -0.25) is 9.36 Å². The lowest BCUT2D eigenvalue weighted by atomic mass is 10.2. The molecule has 0 saturated heterocycles. The van der Waals surface area contributed by atoms with Crippen molar-refractivity contribution in [3.8, 4) is 17.2 Å². The molecule has 0 bridgehead atoms. The van der Waals surface area contributed by atoms with Gasteiger partial charge in [-0.05, 0) is 42.5 Å². The van der Waals surface area contributed by atoms with Gasteiger partial charge in [-0.2, -0.15) is 0 Å². The molecule has 0 fully saturated rings. The number of rotatable bonds is 6. The first-order chi connectivity index (χ1) is 16.6. The van der Waals surface area contributed by atoms with Crippen molar-refractivity contribution in [3.63, 3.8) is 0 Å². The first-order valence-corrected chi connectivity index (χ1v) is 10.7. The average Bonchev–Trinajstić information content (AvgIpc) is 3.16. The van der Waals surface area contributed by atoms with Crippen LogP contribution in [0.1, 0.15) is 15.9 Å². The van der Waals surface area contributed by atoms with Crippen molar-refractivity contribution in [2.45, 2.75) is 6.54 Å². The summed E-state index contributed by atoms with van der Waals surface area (Å²) >= 11 is 0. The summed E-state index contributed by atoms with van der Waals surface area (Å²) < 4.78 is 12.4. The fraction of sp³-hybridized carbons (Fsp3) is 0.115. The van der Waals surface area contributed by atoms with Crippen molar-refractivity contribution in [1.82, 2.24) is 19.9 Å². The summed E-state index contributed by atoms with van der Waals surface area (Å²) in [6, 6.07) is 22.4. The summed E-state index contributed by atoms with van der Waals surface area (Å²) in [6.45, 7) is 0.276. The molecule has 8 nitrogen and oxygen atoms in total. The molecule has 0 aliphatic rings. The monoisotopic (exact) mass is 453 g/mol. The first-order valence-electron chi connectivity index (χ1n) is 10.7. The number of para-hydroxylation sites is 3. The number of nitrogens with one attached hydrogen (secondary N) is 1. The van der Waals surface area contributed by atoms with Gasteiger partial charge >= 0.3 is 0 Å². The average molecular weight is 454 g/mol. The van der Waals surface area contributed by atoms with Gasteiger partial charge in [-0.1, -0.05) is 30.3 Å². The van der Waals surface area contributed by atoms with Crippen LogP contribution in [0, 0.1) is 0 Å². The molecule has 3 aromatic carbocycles. The lowest BCUT2D eigenvalue weighted by Crippen LogP contribution is -2.24. The summed E-state index contributed by atoms with van der Waals surface area (Å²) in [7, 11) is 3.21. The number of amides is 1. The van der Waals surface area contributed by atoms with Crippen LogP contribution in [0.5, 0.6) is 11.5 Å². The van der Waals surface area contributed by atoms with Crippen molar-refractivity contribution in [2.75, 3.05) is 20.0 Å². The maximum Gasteiger partial charge on any atom is 0.257 e. The summed E-state index contributed by atoms with van der Waals surface area (Å²) in [5.41, 5.74) is 10.8. The number of anilines is 1. The fourth-order valence-electron chi connectivity index (χ4n) is 3.99. The molecule has 1 amide bonds. The van der Waals surface area contributed by atoms with E-state index in [-0.39, 0.29) is 23.8 Å². The number of nitrogen functional groups attached to an aromatic ring is 1. The number of nitrogens with two attached hydrogens (primary N) is 1. The molecule has 0 aliphatic carbocycles. The number of nitrogens with zero attached hydrogens (tertiary/aromatic N) is 3. The summed E-state index contributed by atoms with van der Waals surface area (Å²) in [5.74, 6) is 1.32. The van der Waals surface area contributed by atoms with E-state index >= 15 is 0 Å². The zero-order valence-corrected chi connectivity index (χ0v) is 18.8. The third kappa shape index (κ3) is 3.65. The Kier molecular flexibility index (Phi) is 5.47. The van der Waals surface area contributed by atoms with Gasteiger partial charge < -0.3 is 20.5 Å². The lowest BCUT2D eigenvalue weighted by molar-refractivity contribution is 0.0953. The molecule has 0 saturated carbocycles. The second-order valence-corrected chi connectivity index (χ2v) is 7.67. The SMILES string of the molecule is COc1ccc(-n2c(N)c(C(=O)NCc3ccccc3OC)c3nc4ccccc4nc32)cc1. The number of hydrogen-bond acceptors (Lipinski definition) is 6. The van der Waals surface area contributed by atoms with Crippen LogP contribution in [0.15, 0.2) is 72.8 Å². The molecule has 2 heterocycles. The predicted octanol–water partition coefficient (Wildman–Crippen LogP) is 4.10. The molecule has 5 rings (SSSR count).